The third kappa shape index (κ3) is 12.2. The van der Waals surface area contributed by atoms with E-state index >= 15 is 0 Å². The maximum absolute atomic E-state index is 12.1. The van der Waals surface area contributed by atoms with Crippen molar-refractivity contribution >= 4 is 5.97 Å². The second-order valence-electron chi connectivity index (χ2n) is 10.8. The highest BCUT2D eigenvalue weighted by molar-refractivity contribution is 5.66. The average molecular weight is 508 g/mol. The summed E-state index contributed by atoms with van der Waals surface area (Å²) in [6.45, 7) is 13.3. The van der Waals surface area contributed by atoms with Crippen LogP contribution in [0.1, 0.15) is 87.0 Å². The van der Waals surface area contributed by atoms with Gasteiger partial charge in [0.15, 0.2) is 6.10 Å². The van der Waals surface area contributed by atoms with Gasteiger partial charge in [0, 0.05) is 12.8 Å². The van der Waals surface area contributed by atoms with E-state index in [1.165, 1.54) is 12.5 Å². The van der Waals surface area contributed by atoms with Crippen molar-refractivity contribution in [1.29, 1.82) is 0 Å². The maximum atomic E-state index is 12.1. The van der Waals surface area contributed by atoms with Gasteiger partial charge in [-0.3, -0.25) is 4.79 Å². The summed E-state index contributed by atoms with van der Waals surface area (Å²) in [6, 6.07) is 0. The van der Waals surface area contributed by atoms with Crippen LogP contribution in [0.5, 0.6) is 0 Å². The van der Waals surface area contributed by atoms with E-state index in [0.717, 1.165) is 12.8 Å². The van der Waals surface area contributed by atoms with E-state index in [4.69, 9.17) is 9.47 Å². The molecule has 0 bridgehead atoms. The zero-order valence-electron chi connectivity index (χ0n) is 23.5. The van der Waals surface area contributed by atoms with Gasteiger partial charge in [0.2, 0.25) is 0 Å². The highest BCUT2D eigenvalue weighted by Gasteiger charge is 2.42. The molecule has 0 fully saturated rings. The number of hydrogen-bond donors (Lipinski definition) is 3. The topological polar surface area (TPSA) is 96.2 Å². The molecule has 0 saturated carbocycles. The van der Waals surface area contributed by atoms with E-state index in [-0.39, 0.29) is 24.9 Å². The van der Waals surface area contributed by atoms with Gasteiger partial charge in [0.05, 0.1) is 18.8 Å². The van der Waals surface area contributed by atoms with Crippen molar-refractivity contribution in [3.05, 3.63) is 42.4 Å². The first-order chi connectivity index (χ1) is 16.9. The van der Waals surface area contributed by atoms with Gasteiger partial charge in [-0.25, -0.2) is 0 Å². The predicted octanol–water partition coefficient (Wildman–Crippen LogP) is 5.32. The van der Waals surface area contributed by atoms with Gasteiger partial charge in [0.25, 0.3) is 0 Å². The summed E-state index contributed by atoms with van der Waals surface area (Å²) >= 11 is 0. The van der Waals surface area contributed by atoms with E-state index in [1.54, 1.807) is 6.92 Å². The normalized spacial score (nSPS) is 31.9. The van der Waals surface area contributed by atoms with Crippen LogP contribution in [0.25, 0.3) is 0 Å². The summed E-state index contributed by atoms with van der Waals surface area (Å²) in [5, 5.41) is 32.2. The lowest BCUT2D eigenvalue weighted by Crippen LogP contribution is -2.52. The van der Waals surface area contributed by atoms with Crippen molar-refractivity contribution < 1.29 is 29.6 Å². The molecule has 1 aliphatic heterocycles. The molecule has 1 aliphatic rings. The van der Waals surface area contributed by atoms with Crippen LogP contribution in [-0.2, 0) is 14.3 Å². The van der Waals surface area contributed by atoms with E-state index < -0.39 is 36.0 Å². The first kappa shape index (κ1) is 32.6. The lowest BCUT2D eigenvalue weighted by molar-refractivity contribution is -0.182. The van der Waals surface area contributed by atoms with E-state index in [9.17, 15) is 20.1 Å². The fraction of sp³-hybridized carbons (Fsp3) is 0.733. The SMILES string of the molecule is CCC(O)CCC(C)(O)C(OC(C)=O)C1[CH]C(C)C/C(C)=C/C=C/C(C)C/C=C/C(C(O)CC)CO1. The Morgan fingerprint density at radius 3 is 2.50 bits per heavy atom. The van der Waals surface area contributed by atoms with Crippen molar-refractivity contribution in [3.63, 3.8) is 0 Å². The standard InChI is InChI=1S/C30H51O6/c1-8-26(32)16-17-30(7,34)29(36-24(6)31)28-19-23(5)18-22(4)14-10-12-21(3)13-11-15-25(20-35-28)27(33)9-2/h10-12,14-15,19,21,23,25-29,32-34H,8-9,13,16-18,20H2,1-7H3/b12-10+,15-11+,22-14+. The molecular formula is C30H51O6. The number of rotatable bonds is 9. The molecular weight excluding hydrogens is 456 g/mol. The second-order valence-corrected chi connectivity index (χ2v) is 10.8. The van der Waals surface area contributed by atoms with Crippen LogP contribution >= 0.6 is 0 Å². The Labute approximate surface area is 219 Å². The first-order valence-corrected chi connectivity index (χ1v) is 13.6. The number of aliphatic hydroxyl groups excluding tert-OH is 2. The minimum Gasteiger partial charge on any atom is -0.457 e. The maximum Gasteiger partial charge on any atom is 0.303 e. The van der Waals surface area contributed by atoms with Crippen LogP contribution in [0.4, 0.5) is 0 Å². The molecule has 1 heterocycles. The van der Waals surface area contributed by atoms with Gasteiger partial charge in [-0.05, 0) is 70.6 Å². The van der Waals surface area contributed by atoms with Gasteiger partial charge in [-0.1, -0.05) is 63.6 Å². The molecule has 0 aromatic carbocycles. The summed E-state index contributed by atoms with van der Waals surface area (Å²) in [5.41, 5.74) is -0.198. The van der Waals surface area contributed by atoms with Crippen molar-refractivity contribution in [3.8, 4) is 0 Å². The Hall–Kier alpha value is -1.47. The zero-order valence-corrected chi connectivity index (χ0v) is 23.5. The monoisotopic (exact) mass is 507 g/mol. The highest BCUT2D eigenvalue weighted by atomic mass is 16.6. The molecule has 3 N–H and O–H groups in total. The van der Waals surface area contributed by atoms with Crippen molar-refractivity contribution in [2.75, 3.05) is 6.61 Å². The summed E-state index contributed by atoms with van der Waals surface area (Å²) < 4.78 is 12.1. The largest absolute Gasteiger partial charge is 0.457 e. The van der Waals surface area contributed by atoms with Crippen molar-refractivity contribution in [1.82, 2.24) is 0 Å². The van der Waals surface area contributed by atoms with Crippen LogP contribution in [0.3, 0.4) is 0 Å². The first-order valence-electron chi connectivity index (χ1n) is 13.6. The minimum atomic E-state index is -1.41. The molecule has 0 aromatic heterocycles. The Morgan fingerprint density at radius 2 is 1.89 bits per heavy atom. The lowest BCUT2D eigenvalue weighted by atomic mass is 9.84. The quantitative estimate of drug-likeness (QED) is 0.289. The fourth-order valence-electron chi connectivity index (χ4n) is 4.52. The Balaban J connectivity index is 3.34. The van der Waals surface area contributed by atoms with Crippen molar-refractivity contribution in [2.24, 2.45) is 17.8 Å². The zero-order chi connectivity index (χ0) is 27.3. The Bertz CT molecular complexity index is 725. The van der Waals surface area contributed by atoms with E-state index in [2.05, 4.69) is 45.1 Å². The van der Waals surface area contributed by atoms with Crippen LogP contribution in [-0.4, -0.2) is 57.9 Å². The van der Waals surface area contributed by atoms with Crippen molar-refractivity contribution in [2.45, 2.75) is 117 Å². The van der Waals surface area contributed by atoms with Crippen LogP contribution in [0.15, 0.2) is 36.0 Å². The number of ether oxygens (including phenoxy) is 2. The van der Waals surface area contributed by atoms with Gasteiger partial charge < -0.3 is 24.8 Å². The lowest BCUT2D eigenvalue weighted by Gasteiger charge is -2.39. The molecule has 0 spiro atoms. The van der Waals surface area contributed by atoms with Crippen LogP contribution in [0.2, 0.25) is 0 Å². The number of esters is 1. The smallest absolute Gasteiger partial charge is 0.303 e. The van der Waals surface area contributed by atoms with Crippen LogP contribution in [0, 0.1) is 24.2 Å². The number of allylic oxidation sites excluding steroid dienone is 5. The second kappa shape index (κ2) is 16.4. The molecule has 0 amide bonds. The number of carbonyl (C=O) groups is 1. The minimum absolute atomic E-state index is 0.0855. The molecule has 0 saturated heterocycles. The molecule has 0 aromatic rings. The van der Waals surface area contributed by atoms with Gasteiger partial charge in [-0.2, -0.15) is 0 Å². The van der Waals surface area contributed by atoms with Gasteiger partial charge in [-0.15, -0.1) is 0 Å². The molecule has 8 atom stereocenters. The molecule has 1 rings (SSSR count). The molecule has 36 heavy (non-hydrogen) atoms. The molecule has 6 heteroatoms. The third-order valence-corrected chi connectivity index (χ3v) is 6.93. The Morgan fingerprint density at radius 1 is 1.19 bits per heavy atom. The molecule has 6 nitrogen and oxygen atoms in total. The Kier molecular flexibility index (Phi) is 14.8. The molecule has 1 radical (unpaired) electrons. The molecule has 0 aliphatic carbocycles. The number of carbonyl (C=O) groups excluding carboxylic acids is 1. The van der Waals surface area contributed by atoms with E-state index in [1.807, 2.05) is 26.3 Å². The predicted molar refractivity (Wildman–Crippen MR) is 145 cm³/mol. The average Bonchev–Trinajstić information content (AvgIpc) is 2.81. The molecule has 8 unspecified atom stereocenters. The van der Waals surface area contributed by atoms with Gasteiger partial charge in [0.1, 0.15) is 11.7 Å². The summed E-state index contributed by atoms with van der Waals surface area (Å²) in [5.74, 6) is -0.277. The summed E-state index contributed by atoms with van der Waals surface area (Å²) in [6.07, 6.45) is 13.2. The number of hydrogen-bond acceptors (Lipinski definition) is 6. The fourth-order valence-corrected chi connectivity index (χ4v) is 4.52. The van der Waals surface area contributed by atoms with E-state index in [0.29, 0.717) is 25.2 Å². The third-order valence-electron chi connectivity index (χ3n) is 6.93. The van der Waals surface area contributed by atoms with Crippen LogP contribution < -0.4 is 0 Å². The molecule has 207 valence electrons. The van der Waals surface area contributed by atoms with Gasteiger partial charge >= 0.3 is 5.97 Å². The number of aliphatic hydroxyl groups is 3. The summed E-state index contributed by atoms with van der Waals surface area (Å²) in [7, 11) is 0. The highest BCUT2D eigenvalue weighted by Crippen LogP contribution is 2.30. The summed E-state index contributed by atoms with van der Waals surface area (Å²) in [4.78, 5) is 12.1.